The normalized spacial score (nSPS) is 12.5. The molecule has 66 valence electrons. The summed E-state index contributed by atoms with van der Waals surface area (Å²) in [6.07, 6.45) is 1.38. The van der Waals surface area contributed by atoms with Gasteiger partial charge in [-0.15, -0.1) is 0 Å². The largest absolute Gasteiger partial charge is 0.293 e. The van der Waals surface area contributed by atoms with E-state index in [2.05, 4.69) is 20.6 Å². The Labute approximate surface area is 73.3 Å². The molecule has 0 aliphatic rings. The van der Waals surface area contributed by atoms with Crippen LogP contribution in [0.4, 0.5) is 0 Å². The van der Waals surface area contributed by atoms with E-state index in [1.165, 1.54) is 18.1 Å². The highest BCUT2D eigenvalue weighted by Gasteiger charge is 2.13. The summed E-state index contributed by atoms with van der Waals surface area (Å²) in [7, 11) is 0. The van der Waals surface area contributed by atoms with Crippen molar-refractivity contribution in [2.75, 3.05) is 0 Å². The fourth-order valence-electron chi connectivity index (χ4n) is 0.589. The van der Waals surface area contributed by atoms with Crippen LogP contribution in [0.1, 0.15) is 6.92 Å². The molecule has 7 heteroatoms. The summed E-state index contributed by atoms with van der Waals surface area (Å²) in [5, 5.41) is 6.60. The zero-order chi connectivity index (χ0) is 8.97. The van der Waals surface area contributed by atoms with Crippen LogP contribution in [0.2, 0.25) is 0 Å². The van der Waals surface area contributed by atoms with E-state index in [1.54, 1.807) is 6.92 Å². The lowest BCUT2D eigenvalue weighted by molar-refractivity contribution is -0.120. The molecule has 1 atom stereocenters. The molecule has 0 aliphatic carbocycles. The highest BCUT2D eigenvalue weighted by Crippen LogP contribution is 2.17. The highest BCUT2D eigenvalue weighted by molar-refractivity contribution is 8.00. The average Bonchev–Trinajstić information content (AvgIpc) is 2.55. The van der Waals surface area contributed by atoms with Crippen LogP contribution >= 0.6 is 11.8 Å². The molecule has 1 rings (SSSR count). The Morgan fingerprint density at radius 3 is 3.17 bits per heavy atom. The quantitative estimate of drug-likeness (QED) is 0.251. The van der Waals surface area contributed by atoms with Gasteiger partial charge in [0.1, 0.15) is 6.33 Å². The molecule has 1 unspecified atom stereocenters. The standard InChI is InChI=1S/C5H9N5OS/c1-3(4(11)9-6)12-5-7-2-8-10-5/h2-3H,6H2,1H3,(H,9,11)(H,7,8,10). The second-order valence-electron chi connectivity index (χ2n) is 2.06. The number of hydrogen-bond donors (Lipinski definition) is 3. The summed E-state index contributed by atoms with van der Waals surface area (Å²) in [6, 6.07) is 0. The molecule has 1 amide bonds. The van der Waals surface area contributed by atoms with Gasteiger partial charge in [0.15, 0.2) is 5.16 Å². The molecule has 4 N–H and O–H groups in total. The van der Waals surface area contributed by atoms with Crippen LogP contribution in [0, 0.1) is 0 Å². The Balaban J connectivity index is 2.47. The molecule has 12 heavy (non-hydrogen) atoms. The Bertz CT molecular complexity index is 248. The molecule has 0 fully saturated rings. The van der Waals surface area contributed by atoms with E-state index in [0.717, 1.165) is 0 Å². The first-order valence-electron chi connectivity index (χ1n) is 3.26. The van der Waals surface area contributed by atoms with Crippen LogP contribution in [0.15, 0.2) is 11.5 Å². The third kappa shape index (κ3) is 2.21. The number of aromatic amines is 1. The van der Waals surface area contributed by atoms with Crippen LogP contribution in [0.3, 0.4) is 0 Å². The number of nitrogens with two attached hydrogens (primary N) is 1. The third-order valence-corrected chi connectivity index (χ3v) is 2.18. The van der Waals surface area contributed by atoms with Crippen molar-refractivity contribution in [3.8, 4) is 0 Å². The van der Waals surface area contributed by atoms with Crippen molar-refractivity contribution >= 4 is 17.7 Å². The second-order valence-corrected chi connectivity index (χ2v) is 3.39. The van der Waals surface area contributed by atoms with Gasteiger partial charge in [-0.25, -0.2) is 10.8 Å². The first-order chi connectivity index (χ1) is 5.74. The molecular weight excluding hydrogens is 178 g/mol. The maximum absolute atomic E-state index is 10.9. The van der Waals surface area contributed by atoms with E-state index < -0.39 is 0 Å². The van der Waals surface area contributed by atoms with Crippen LogP contribution in [-0.4, -0.2) is 26.3 Å². The van der Waals surface area contributed by atoms with Crippen LogP contribution in [0.25, 0.3) is 0 Å². The van der Waals surface area contributed by atoms with Crippen LogP contribution in [-0.2, 0) is 4.79 Å². The number of rotatable bonds is 3. The zero-order valence-electron chi connectivity index (χ0n) is 6.44. The fraction of sp³-hybridized carbons (Fsp3) is 0.400. The highest BCUT2D eigenvalue weighted by atomic mass is 32.2. The molecule has 1 heterocycles. The average molecular weight is 187 g/mol. The lowest BCUT2D eigenvalue weighted by Gasteiger charge is -2.05. The summed E-state index contributed by atoms with van der Waals surface area (Å²) in [4.78, 5) is 14.8. The lowest BCUT2D eigenvalue weighted by atomic mass is 10.5. The van der Waals surface area contributed by atoms with Gasteiger partial charge in [0, 0.05) is 0 Å². The summed E-state index contributed by atoms with van der Waals surface area (Å²) in [5.74, 6) is 4.70. The van der Waals surface area contributed by atoms with Gasteiger partial charge in [0.2, 0.25) is 5.91 Å². The minimum absolute atomic E-state index is 0.239. The van der Waals surface area contributed by atoms with E-state index in [-0.39, 0.29) is 11.2 Å². The van der Waals surface area contributed by atoms with Crippen molar-refractivity contribution in [3.63, 3.8) is 0 Å². The third-order valence-electron chi connectivity index (χ3n) is 1.19. The van der Waals surface area contributed by atoms with E-state index in [0.29, 0.717) is 5.16 Å². The molecule has 1 aromatic heterocycles. The Kier molecular flexibility index (Phi) is 3.06. The number of thioether (sulfide) groups is 1. The van der Waals surface area contributed by atoms with Crippen LogP contribution in [0.5, 0.6) is 0 Å². The molecule has 0 bridgehead atoms. The predicted molar refractivity (Wildman–Crippen MR) is 44.0 cm³/mol. The minimum Gasteiger partial charge on any atom is -0.293 e. The van der Waals surface area contributed by atoms with Gasteiger partial charge in [0.05, 0.1) is 5.25 Å². The number of nitrogens with zero attached hydrogens (tertiary/aromatic N) is 2. The number of carbonyl (C=O) groups excluding carboxylic acids is 1. The molecule has 1 aromatic rings. The number of hydrogen-bond acceptors (Lipinski definition) is 5. The maximum atomic E-state index is 10.9. The summed E-state index contributed by atoms with van der Waals surface area (Å²) in [5.41, 5.74) is 2.06. The summed E-state index contributed by atoms with van der Waals surface area (Å²) >= 11 is 1.26. The topological polar surface area (TPSA) is 96.7 Å². The van der Waals surface area contributed by atoms with E-state index >= 15 is 0 Å². The Hall–Kier alpha value is -1.08. The van der Waals surface area contributed by atoms with Crippen molar-refractivity contribution in [1.82, 2.24) is 20.6 Å². The molecule has 0 spiro atoms. The number of carbonyl (C=O) groups is 1. The van der Waals surface area contributed by atoms with Crippen molar-refractivity contribution < 1.29 is 4.79 Å². The first kappa shape index (κ1) is 9.01. The van der Waals surface area contributed by atoms with Crippen molar-refractivity contribution in [1.29, 1.82) is 0 Å². The van der Waals surface area contributed by atoms with Gasteiger partial charge >= 0.3 is 0 Å². The molecule has 0 aliphatic heterocycles. The zero-order valence-corrected chi connectivity index (χ0v) is 7.26. The van der Waals surface area contributed by atoms with E-state index in [1.807, 2.05) is 0 Å². The van der Waals surface area contributed by atoms with Gasteiger partial charge in [-0.1, -0.05) is 11.8 Å². The maximum Gasteiger partial charge on any atom is 0.247 e. The number of aromatic nitrogens is 3. The Morgan fingerprint density at radius 2 is 2.67 bits per heavy atom. The van der Waals surface area contributed by atoms with Gasteiger partial charge in [0.25, 0.3) is 0 Å². The Morgan fingerprint density at radius 1 is 1.92 bits per heavy atom. The van der Waals surface area contributed by atoms with Crippen molar-refractivity contribution in [3.05, 3.63) is 6.33 Å². The molecular formula is C5H9N5OS. The van der Waals surface area contributed by atoms with Gasteiger partial charge in [-0.3, -0.25) is 15.3 Å². The minimum atomic E-state index is -0.275. The molecule has 6 nitrogen and oxygen atoms in total. The molecule has 0 saturated heterocycles. The van der Waals surface area contributed by atoms with Gasteiger partial charge in [-0.05, 0) is 6.92 Å². The SMILES string of the molecule is CC(Sc1ncn[nH]1)C(=O)NN. The van der Waals surface area contributed by atoms with Crippen molar-refractivity contribution in [2.45, 2.75) is 17.3 Å². The summed E-state index contributed by atoms with van der Waals surface area (Å²) in [6.45, 7) is 1.73. The van der Waals surface area contributed by atoms with E-state index in [9.17, 15) is 4.79 Å². The molecule has 0 radical (unpaired) electrons. The van der Waals surface area contributed by atoms with Gasteiger partial charge < -0.3 is 0 Å². The number of nitrogens with one attached hydrogen (secondary N) is 2. The second kappa shape index (κ2) is 4.07. The predicted octanol–water partition coefficient (Wildman–Crippen LogP) is -0.725. The summed E-state index contributed by atoms with van der Waals surface area (Å²) < 4.78 is 0. The number of amides is 1. The lowest BCUT2D eigenvalue weighted by Crippen LogP contribution is -2.36. The smallest absolute Gasteiger partial charge is 0.247 e. The van der Waals surface area contributed by atoms with E-state index in [4.69, 9.17) is 5.84 Å². The first-order valence-corrected chi connectivity index (χ1v) is 4.14. The van der Waals surface area contributed by atoms with Crippen LogP contribution < -0.4 is 11.3 Å². The van der Waals surface area contributed by atoms with Gasteiger partial charge in [-0.2, -0.15) is 5.10 Å². The molecule has 0 saturated carbocycles. The van der Waals surface area contributed by atoms with Crippen molar-refractivity contribution in [2.24, 2.45) is 5.84 Å². The number of hydrazine groups is 1. The number of H-pyrrole nitrogens is 1. The monoisotopic (exact) mass is 187 g/mol. The fourth-order valence-corrected chi connectivity index (χ4v) is 1.31. The molecule has 0 aromatic carbocycles.